The molecule has 2 heterocycles. The summed E-state index contributed by atoms with van der Waals surface area (Å²) < 4.78 is 10.0. The molecule has 2 amide bonds. The fourth-order valence-corrected chi connectivity index (χ4v) is 3.56. The van der Waals surface area contributed by atoms with Crippen molar-refractivity contribution in [1.82, 2.24) is 0 Å². The first-order chi connectivity index (χ1) is 13.4. The lowest BCUT2D eigenvalue weighted by Gasteiger charge is -2.20. The molecule has 0 aromatic heterocycles. The molecule has 0 N–H and O–H groups in total. The number of hydrogen-bond acceptors (Lipinski definition) is 6. The van der Waals surface area contributed by atoms with Gasteiger partial charge in [0.2, 0.25) is 11.8 Å². The molecule has 2 atom stereocenters. The SMILES string of the molecule is CCOC(=O)[C@H]1CC(=O)N(c2ccc(N3C[C@@H](C(=O)OCC)CC3=O)cc2)C1. The fraction of sp³-hybridized carbons (Fsp3) is 0.500. The van der Waals surface area contributed by atoms with E-state index in [2.05, 4.69) is 0 Å². The molecule has 0 bridgehead atoms. The van der Waals surface area contributed by atoms with Crippen LogP contribution in [0.1, 0.15) is 26.7 Å². The number of rotatable bonds is 6. The van der Waals surface area contributed by atoms with Crippen LogP contribution in [0, 0.1) is 11.8 Å². The number of carbonyl (C=O) groups excluding carboxylic acids is 4. The molecule has 1 aromatic carbocycles. The lowest BCUT2D eigenvalue weighted by molar-refractivity contribution is -0.148. The maximum atomic E-state index is 12.3. The summed E-state index contributed by atoms with van der Waals surface area (Å²) in [5, 5.41) is 0. The lowest BCUT2D eigenvalue weighted by Crippen LogP contribution is -2.27. The Balaban J connectivity index is 1.67. The van der Waals surface area contributed by atoms with Crippen molar-refractivity contribution in [3.8, 4) is 0 Å². The summed E-state index contributed by atoms with van der Waals surface area (Å²) in [6.07, 6.45) is 0.263. The minimum absolute atomic E-state index is 0.131. The zero-order valence-electron chi connectivity index (χ0n) is 16.1. The van der Waals surface area contributed by atoms with Crippen molar-refractivity contribution in [3.05, 3.63) is 24.3 Å². The summed E-state index contributed by atoms with van der Waals surface area (Å²) in [5.74, 6) is -1.91. The standard InChI is InChI=1S/C20H24N2O6/c1-3-27-19(25)13-9-17(23)21(11-13)15-5-7-16(8-6-15)22-12-14(10-18(22)24)20(26)28-4-2/h5-8,13-14H,3-4,9-12H2,1-2H3/t13-,14-/m0/s1. The predicted molar refractivity (Wildman–Crippen MR) is 101 cm³/mol. The molecule has 0 radical (unpaired) electrons. The van der Waals surface area contributed by atoms with E-state index >= 15 is 0 Å². The van der Waals surface area contributed by atoms with Gasteiger partial charge in [-0.1, -0.05) is 0 Å². The summed E-state index contributed by atoms with van der Waals surface area (Å²) in [4.78, 5) is 51.4. The van der Waals surface area contributed by atoms with Gasteiger partial charge in [-0.05, 0) is 38.1 Å². The molecule has 0 saturated carbocycles. The van der Waals surface area contributed by atoms with Crippen LogP contribution in [0.15, 0.2) is 24.3 Å². The zero-order valence-corrected chi connectivity index (χ0v) is 16.1. The normalized spacial score (nSPS) is 21.9. The van der Waals surface area contributed by atoms with Crippen molar-refractivity contribution in [1.29, 1.82) is 0 Å². The van der Waals surface area contributed by atoms with Crippen molar-refractivity contribution in [3.63, 3.8) is 0 Å². The van der Waals surface area contributed by atoms with Gasteiger partial charge < -0.3 is 19.3 Å². The number of carbonyl (C=O) groups is 4. The molecule has 2 fully saturated rings. The Morgan fingerprint density at radius 3 is 1.50 bits per heavy atom. The maximum Gasteiger partial charge on any atom is 0.311 e. The number of amides is 2. The second kappa shape index (κ2) is 8.41. The molecule has 8 heteroatoms. The van der Waals surface area contributed by atoms with Gasteiger partial charge in [-0.3, -0.25) is 19.2 Å². The van der Waals surface area contributed by atoms with E-state index in [-0.39, 0.29) is 62.9 Å². The third kappa shape index (κ3) is 4.00. The monoisotopic (exact) mass is 388 g/mol. The van der Waals surface area contributed by atoms with Crippen molar-refractivity contribution < 1.29 is 28.7 Å². The minimum Gasteiger partial charge on any atom is -0.466 e. The molecule has 2 saturated heterocycles. The number of ether oxygens (including phenoxy) is 2. The van der Waals surface area contributed by atoms with Crippen LogP contribution in [0.25, 0.3) is 0 Å². The van der Waals surface area contributed by atoms with Gasteiger partial charge in [-0.2, -0.15) is 0 Å². The molecule has 1 aromatic rings. The van der Waals surface area contributed by atoms with Crippen LogP contribution >= 0.6 is 0 Å². The Kier molecular flexibility index (Phi) is 5.96. The highest BCUT2D eigenvalue weighted by atomic mass is 16.5. The van der Waals surface area contributed by atoms with E-state index < -0.39 is 11.8 Å². The smallest absolute Gasteiger partial charge is 0.311 e. The average molecular weight is 388 g/mol. The molecular formula is C20H24N2O6. The fourth-order valence-electron chi connectivity index (χ4n) is 3.56. The third-order valence-corrected chi connectivity index (χ3v) is 4.96. The van der Waals surface area contributed by atoms with Gasteiger partial charge >= 0.3 is 11.9 Å². The molecule has 2 aliphatic heterocycles. The molecule has 28 heavy (non-hydrogen) atoms. The van der Waals surface area contributed by atoms with Gasteiger partial charge in [-0.25, -0.2) is 0 Å². The quantitative estimate of drug-likeness (QED) is 0.686. The van der Waals surface area contributed by atoms with Gasteiger partial charge in [0, 0.05) is 37.3 Å². The second-order valence-electron chi connectivity index (χ2n) is 6.83. The van der Waals surface area contributed by atoms with Crippen molar-refractivity contribution in [2.45, 2.75) is 26.7 Å². The lowest BCUT2D eigenvalue weighted by atomic mass is 10.1. The van der Waals surface area contributed by atoms with Crippen LogP contribution in [-0.4, -0.2) is 50.1 Å². The van der Waals surface area contributed by atoms with Crippen LogP contribution in [-0.2, 0) is 28.7 Å². The summed E-state index contributed by atoms with van der Waals surface area (Å²) in [6.45, 7) is 4.60. The van der Waals surface area contributed by atoms with Gasteiger partial charge in [0.1, 0.15) is 0 Å². The summed E-state index contributed by atoms with van der Waals surface area (Å²) in [6, 6.07) is 6.97. The second-order valence-corrected chi connectivity index (χ2v) is 6.83. The van der Waals surface area contributed by atoms with E-state index in [1.807, 2.05) is 0 Å². The predicted octanol–water partition coefficient (Wildman–Crippen LogP) is 1.52. The van der Waals surface area contributed by atoms with E-state index in [1.54, 1.807) is 47.9 Å². The van der Waals surface area contributed by atoms with E-state index in [4.69, 9.17) is 9.47 Å². The molecule has 3 rings (SSSR count). The minimum atomic E-state index is -0.461. The van der Waals surface area contributed by atoms with Crippen molar-refractivity contribution in [2.24, 2.45) is 11.8 Å². The average Bonchev–Trinajstić information content (AvgIpc) is 3.25. The molecule has 150 valence electrons. The van der Waals surface area contributed by atoms with E-state index in [1.165, 1.54) is 0 Å². The Morgan fingerprint density at radius 1 is 0.821 bits per heavy atom. The van der Waals surface area contributed by atoms with E-state index in [0.717, 1.165) is 0 Å². The Morgan fingerprint density at radius 2 is 1.18 bits per heavy atom. The largest absolute Gasteiger partial charge is 0.466 e. The molecule has 8 nitrogen and oxygen atoms in total. The van der Waals surface area contributed by atoms with Crippen molar-refractivity contribution in [2.75, 3.05) is 36.1 Å². The molecule has 2 aliphatic rings. The Labute approximate surface area is 163 Å². The molecular weight excluding hydrogens is 364 g/mol. The first-order valence-electron chi connectivity index (χ1n) is 9.48. The van der Waals surface area contributed by atoms with E-state index in [0.29, 0.717) is 11.4 Å². The maximum absolute atomic E-state index is 12.3. The highest BCUT2D eigenvalue weighted by molar-refractivity contribution is 6.01. The van der Waals surface area contributed by atoms with Crippen LogP contribution in [0.4, 0.5) is 11.4 Å². The first-order valence-corrected chi connectivity index (χ1v) is 9.48. The van der Waals surface area contributed by atoms with Crippen LogP contribution in [0.3, 0.4) is 0 Å². The Bertz CT molecular complexity index is 710. The highest BCUT2D eigenvalue weighted by Gasteiger charge is 2.37. The first kappa shape index (κ1) is 19.9. The molecule has 0 aliphatic carbocycles. The number of anilines is 2. The van der Waals surface area contributed by atoms with Gasteiger partial charge in [0.05, 0.1) is 25.0 Å². The molecule has 0 unspecified atom stereocenters. The summed E-state index contributed by atoms with van der Waals surface area (Å²) in [5.41, 5.74) is 1.32. The zero-order chi connectivity index (χ0) is 20.3. The van der Waals surface area contributed by atoms with Crippen LogP contribution in [0.2, 0.25) is 0 Å². The van der Waals surface area contributed by atoms with Gasteiger partial charge in [-0.15, -0.1) is 0 Å². The van der Waals surface area contributed by atoms with Gasteiger partial charge in [0.15, 0.2) is 0 Å². The van der Waals surface area contributed by atoms with Crippen LogP contribution in [0.5, 0.6) is 0 Å². The Hall–Kier alpha value is -2.90. The number of esters is 2. The summed E-state index contributed by atoms with van der Waals surface area (Å²) in [7, 11) is 0. The highest BCUT2D eigenvalue weighted by Crippen LogP contribution is 2.30. The van der Waals surface area contributed by atoms with Crippen molar-refractivity contribution >= 4 is 35.1 Å². The van der Waals surface area contributed by atoms with E-state index in [9.17, 15) is 19.2 Å². The number of hydrogen-bond donors (Lipinski definition) is 0. The number of nitrogens with zero attached hydrogens (tertiary/aromatic N) is 2. The topological polar surface area (TPSA) is 93.2 Å². The van der Waals surface area contributed by atoms with Gasteiger partial charge in [0.25, 0.3) is 0 Å². The third-order valence-electron chi connectivity index (χ3n) is 4.96. The van der Waals surface area contributed by atoms with Crippen LogP contribution < -0.4 is 9.80 Å². The summed E-state index contributed by atoms with van der Waals surface area (Å²) >= 11 is 0. The number of benzene rings is 1. The molecule has 0 spiro atoms.